The van der Waals surface area contributed by atoms with Gasteiger partial charge in [0.1, 0.15) is 0 Å². The molecule has 198 valence electrons. The topological polar surface area (TPSA) is 0 Å². The first-order valence-corrected chi connectivity index (χ1v) is 14.9. The lowest BCUT2D eigenvalue weighted by atomic mass is 9.75. The smallest absolute Gasteiger partial charge is 0.000162 e. The summed E-state index contributed by atoms with van der Waals surface area (Å²) in [6.45, 7) is 0. The zero-order chi connectivity index (χ0) is 27.9. The van der Waals surface area contributed by atoms with Gasteiger partial charge in [0.2, 0.25) is 0 Å². The van der Waals surface area contributed by atoms with Gasteiger partial charge in [-0.1, -0.05) is 158 Å². The van der Waals surface area contributed by atoms with E-state index in [0.717, 1.165) is 12.8 Å². The van der Waals surface area contributed by atoms with E-state index in [4.69, 9.17) is 0 Å². The lowest BCUT2D eigenvalue weighted by Gasteiger charge is -2.28. The second-order valence-corrected chi connectivity index (χ2v) is 11.1. The first kappa shape index (κ1) is 24.6. The van der Waals surface area contributed by atoms with Crippen LogP contribution in [0.15, 0.2) is 152 Å². The van der Waals surface area contributed by atoms with Crippen LogP contribution in [0.2, 0.25) is 0 Å². The van der Waals surface area contributed by atoms with Crippen molar-refractivity contribution in [1.29, 1.82) is 0 Å². The summed E-state index contributed by atoms with van der Waals surface area (Å²) >= 11 is 0. The van der Waals surface area contributed by atoms with Gasteiger partial charge in [0.15, 0.2) is 0 Å². The standard InChI is InChI=1S/C42H30/c1-5-17-29(18-6-1)37-33-25-13-14-26-34(33)39(31-21-9-3-10-22-31)42-40(32-23-11-4-12-24-32)36-28-16-15-27-35(36)38(41(37)42)30-19-7-2-8-20-30/h1-15,17-27H,16,28H2. The molecule has 0 nitrogen and oxygen atoms in total. The van der Waals surface area contributed by atoms with Crippen LogP contribution in [0.25, 0.3) is 72.1 Å². The van der Waals surface area contributed by atoms with E-state index in [-0.39, 0.29) is 0 Å². The summed E-state index contributed by atoms with van der Waals surface area (Å²) in [6.07, 6.45) is 6.82. The number of rotatable bonds is 4. The van der Waals surface area contributed by atoms with Crippen molar-refractivity contribution in [2.24, 2.45) is 0 Å². The van der Waals surface area contributed by atoms with Crippen LogP contribution in [0.1, 0.15) is 17.5 Å². The minimum Gasteiger partial charge on any atom is -0.0836 e. The van der Waals surface area contributed by atoms with Crippen molar-refractivity contribution in [3.8, 4) is 44.5 Å². The zero-order valence-corrected chi connectivity index (χ0v) is 23.4. The first-order valence-electron chi connectivity index (χ1n) is 14.9. The van der Waals surface area contributed by atoms with E-state index in [1.807, 2.05) is 0 Å². The number of fused-ring (bicyclic) bond motifs is 3. The normalized spacial score (nSPS) is 12.5. The molecule has 0 aliphatic heterocycles. The van der Waals surface area contributed by atoms with Crippen LogP contribution < -0.4 is 0 Å². The minimum atomic E-state index is 1.02. The van der Waals surface area contributed by atoms with Crippen LogP contribution in [0, 0.1) is 0 Å². The third-order valence-corrected chi connectivity index (χ3v) is 8.71. The molecule has 8 rings (SSSR count). The van der Waals surface area contributed by atoms with Crippen molar-refractivity contribution in [2.45, 2.75) is 12.8 Å². The summed E-state index contributed by atoms with van der Waals surface area (Å²) < 4.78 is 0. The number of benzene rings is 7. The Hall–Kier alpha value is -5.20. The molecule has 1 aliphatic rings. The Balaban J connectivity index is 1.74. The molecule has 1 aliphatic carbocycles. The van der Waals surface area contributed by atoms with Crippen LogP contribution in [-0.2, 0) is 6.42 Å². The lowest BCUT2D eigenvalue weighted by molar-refractivity contribution is 0.991. The maximum Gasteiger partial charge on any atom is -0.000162 e. The molecule has 0 amide bonds. The highest BCUT2D eigenvalue weighted by molar-refractivity contribution is 6.29. The molecular weight excluding hydrogens is 504 g/mol. The third kappa shape index (κ3) is 3.91. The van der Waals surface area contributed by atoms with Crippen LogP contribution in [0.4, 0.5) is 0 Å². The molecule has 0 heteroatoms. The molecule has 0 unspecified atom stereocenters. The van der Waals surface area contributed by atoms with Crippen molar-refractivity contribution in [3.05, 3.63) is 163 Å². The molecule has 0 N–H and O–H groups in total. The van der Waals surface area contributed by atoms with Gasteiger partial charge in [-0.2, -0.15) is 0 Å². The average molecular weight is 535 g/mol. The van der Waals surface area contributed by atoms with Gasteiger partial charge in [0.25, 0.3) is 0 Å². The first-order chi connectivity index (χ1) is 20.9. The van der Waals surface area contributed by atoms with Gasteiger partial charge >= 0.3 is 0 Å². The van der Waals surface area contributed by atoms with Crippen molar-refractivity contribution >= 4 is 27.6 Å². The van der Waals surface area contributed by atoms with E-state index >= 15 is 0 Å². The molecule has 7 aromatic rings. The molecular formula is C42H30. The van der Waals surface area contributed by atoms with Crippen molar-refractivity contribution in [2.75, 3.05) is 0 Å². The SMILES string of the molecule is C1=Cc2c(c(-c3ccccc3)c3c(-c4ccccc4)c4ccccc4c(-c4ccccc4)c3c2-c2ccccc2)CC1. The maximum absolute atomic E-state index is 2.39. The molecule has 0 heterocycles. The summed E-state index contributed by atoms with van der Waals surface area (Å²) in [6, 6.07) is 53.1. The zero-order valence-electron chi connectivity index (χ0n) is 23.4. The fourth-order valence-corrected chi connectivity index (χ4v) is 7.02. The van der Waals surface area contributed by atoms with Gasteiger partial charge in [-0.25, -0.2) is 0 Å². The molecule has 0 fully saturated rings. The molecule has 0 saturated heterocycles. The van der Waals surface area contributed by atoms with E-state index in [9.17, 15) is 0 Å². The Morgan fingerprint density at radius 1 is 0.357 bits per heavy atom. The predicted octanol–water partition coefficient (Wildman–Crippen LogP) is 11.6. The summed E-state index contributed by atoms with van der Waals surface area (Å²) in [4.78, 5) is 0. The molecule has 0 radical (unpaired) electrons. The number of allylic oxidation sites excluding steroid dienone is 1. The van der Waals surface area contributed by atoms with Gasteiger partial charge in [0, 0.05) is 0 Å². The molecule has 0 atom stereocenters. The molecule has 0 aromatic heterocycles. The number of hydrogen-bond acceptors (Lipinski definition) is 0. The van der Waals surface area contributed by atoms with Crippen molar-refractivity contribution in [1.82, 2.24) is 0 Å². The van der Waals surface area contributed by atoms with Crippen LogP contribution in [0.3, 0.4) is 0 Å². The van der Waals surface area contributed by atoms with Gasteiger partial charge in [0.05, 0.1) is 0 Å². The van der Waals surface area contributed by atoms with Gasteiger partial charge in [-0.3, -0.25) is 0 Å². The van der Waals surface area contributed by atoms with Crippen molar-refractivity contribution < 1.29 is 0 Å². The van der Waals surface area contributed by atoms with E-state index in [1.165, 1.54) is 77.2 Å². The maximum atomic E-state index is 2.39. The van der Waals surface area contributed by atoms with E-state index in [1.54, 1.807) is 0 Å². The Bertz CT molecular complexity index is 2090. The van der Waals surface area contributed by atoms with Crippen LogP contribution in [-0.4, -0.2) is 0 Å². The Labute approximate surface area is 247 Å². The molecule has 0 bridgehead atoms. The van der Waals surface area contributed by atoms with Crippen LogP contribution in [0.5, 0.6) is 0 Å². The highest BCUT2D eigenvalue weighted by Crippen LogP contribution is 2.53. The molecule has 0 saturated carbocycles. The van der Waals surface area contributed by atoms with Gasteiger partial charge < -0.3 is 0 Å². The quantitative estimate of drug-likeness (QED) is 0.197. The molecule has 7 aromatic carbocycles. The van der Waals surface area contributed by atoms with E-state index < -0.39 is 0 Å². The second kappa shape index (κ2) is 10.3. The van der Waals surface area contributed by atoms with Crippen molar-refractivity contribution in [3.63, 3.8) is 0 Å². The Kier molecular flexibility index (Phi) is 6.04. The summed E-state index contributed by atoms with van der Waals surface area (Å²) in [5, 5.41) is 5.25. The highest BCUT2D eigenvalue weighted by Gasteiger charge is 2.28. The second-order valence-electron chi connectivity index (χ2n) is 11.1. The molecule has 42 heavy (non-hydrogen) atoms. The largest absolute Gasteiger partial charge is 0.0836 e. The number of hydrogen-bond donors (Lipinski definition) is 0. The summed E-state index contributed by atoms with van der Waals surface area (Å²) in [5.41, 5.74) is 13.1. The van der Waals surface area contributed by atoms with Crippen LogP contribution >= 0.6 is 0 Å². The fourth-order valence-electron chi connectivity index (χ4n) is 7.02. The highest BCUT2D eigenvalue weighted by atomic mass is 14.3. The van der Waals surface area contributed by atoms with Gasteiger partial charge in [-0.15, -0.1) is 0 Å². The third-order valence-electron chi connectivity index (χ3n) is 8.71. The van der Waals surface area contributed by atoms with E-state index in [2.05, 4.69) is 158 Å². The van der Waals surface area contributed by atoms with E-state index in [0.29, 0.717) is 0 Å². The average Bonchev–Trinajstić information content (AvgIpc) is 3.07. The molecule has 0 spiro atoms. The fraction of sp³-hybridized carbons (Fsp3) is 0.0476. The lowest BCUT2D eigenvalue weighted by Crippen LogP contribution is -2.05. The Morgan fingerprint density at radius 2 is 0.738 bits per heavy atom. The summed E-state index contributed by atoms with van der Waals surface area (Å²) in [5.74, 6) is 0. The monoisotopic (exact) mass is 534 g/mol. The Morgan fingerprint density at radius 3 is 1.21 bits per heavy atom. The van der Waals surface area contributed by atoms with Gasteiger partial charge in [-0.05, 0) is 90.0 Å². The minimum absolute atomic E-state index is 1.02. The predicted molar refractivity (Wildman–Crippen MR) is 181 cm³/mol. The summed E-state index contributed by atoms with van der Waals surface area (Å²) in [7, 11) is 0.